The number of nitrogens with one attached hydrogen (secondary N) is 1. The van der Waals surface area contributed by atoms with E-state index in [0.29, 0.717) is 28.5 Å². The lowest BCUT2D eigenvalue weighted by atomic mass is 10.2. The van der Waals surface area contributed by atoms with Crippen molar-refractivity contribution in [1.29, 1.82) is 0 Å². The minimum Gasteiger partial charge on any atom is -0.440 e. The largest absolute Gasteiger partial charge is 0.440 e. The predicted molar refractivity (Wildman–Crippen MR) is 90.4 cm³/mol. The highest BCUT2D eigenvalue weighted by Crippen LogP contribution is 2.28. The van der Waals surface area contributed by atoms with Gasteiger partial charge >= 0.3 is 12.3 Å². The molecule has 140 valence electrons. The Morgan fingerprint density at radius 1 is 1.42 bits per heavy atom. The van der Waals surface area contributed by atoms with Gasteiger partial charge in [-0.1, -0.05) is 11.6 Å². The number of nitrogens with zero attached hydrogens (tertiary/aromatic N) is 2. The van der Waals surface area contributed by atoms with Gasteiger partial charge in [0, 0.05) is 12.2 Å². The Hall–Kier alpha value is -2.07. The highest BCUT2D eigenvalue weighted by atomic mass is 35.5. The standard InChI is InChI=1S/C15H13ClF3N3O3S/c16-13-21-9-4-3-8(6-11(9)26-13)20-12(23)10-2-1-5-22(10)14(24)25-7-15(17,18)19/h3-4,6,10H,1-2,5,7H2,(H,20,23)/t10-/m1/s1. The fourth-order valence-corrected chi connectivity index (χ4v) is 3.75. The van der Waals surface area contributed by atoms with Crippen molar-refractivity contribution < 1.29 is 27.5 Å². The number of ether oxygens (including phenoxy) is 1. The van der Waals surface area contributed by atoms with Crippen molar-refractivity contribution in [2.75, 3.05) is 18.5 Å². The molecule has 2 heterocycles. The van der Waals surface area contributed by atoms with Gasteiger partial charge in [-0.3, -0.25) is 9.69 Å². The maximum Gasteiger partial charge on any atom is 0.422 e. The molecule has 1 aliphatic rings. The number of rotatable bonds is 3. The van der Waals surface area contributed by atoms with Crippen molar-refractivity contribution in [2.24, 2.45) is 0 Å². The number of hydrogen-bond acceptors (Lipinski definition) is 5. The van der Waals surface area contributed by atoms with E-state index in [4.69, 9.17) is 11.6 Å². The average molecular weight is 408 g/mol. The summed E-state index contributed by atoms with van der Waals surface area (Å²) in [5, 5.41) is 2.67. The lowest BCUT2D eigenvalue weighted by Gasteiger charge is -2.23. The molecule has 0 bridgehead atoms. The molecule has 3 rings (SSSR count). The van der Waals surface area contributed by atoms with Gasteiger partial charge in [0.15, 0.2) is 11.1 Å². The van der Waals surface area contributed by atoms with Gasteiger partial charge in [0.05, 0.1) is 10.2 Å². The second-order valence-electron chi connectivity index (χ2n) is 5.66. The first kappa shape index (κ1) is 18.7. The lowest BCUT2D eigenvalue weighted by Crippen LogP contribution is -2.44. The summed E-state index contributed by atoms with van der Waals surface area (Å²) in [5.74, 6) is -0.485. The van der Waals surface area contributed by atoms with Gasteiger partial charge in [-0.25, -0.2) is 9.78 Å². The lowest BCUT2D eigenvalue weighted by molar-refractivity contribution is -0.162. The predicted octanol–water partition coefficient (Wildman–Crippen LogP) is 4.05. The fraction of sp³-hybridized carbons (Fsp3) is 0.400. The second-order valence-corrected chi connectivity index (χ2v) is 7.27. The third kappa shape index (κ3) is 4.36. The van der Waals surface area contributed by atoms with Crippen LogP contribution in [0.2, 0.25) is 4.47 Å². The van der Waals surface area contributed by atoms with Crippen molar-refractivity contribution in [3.05, 3.63) is 22.7 Å². The zero-order valence-corrected chi connectivity index (χ0v) is 14.7. The topological polar surface area (TPSA) is 71.5 Å². The molecule has 26 heavy (non-hydrogen) atoms. The number of likely N-dealkylation sites (tertiary alicyclic amines) is 1. The molecule has 1 aromatic heterocycles. The van der Waals surface area contributed by atoms with Gasteiger partial charge in [-0.15, -0.1) is 11.3 Å². The van der Waals surface area contributed by atoms with E-state index >= 15 is 0 Å². The molecule has 1 saturated heterocycles. The number of amides is 2. The molecule has 2 amide bonds. The normalized spacial score (nSPS) is 17.5. The molecule has 0 saturated carbocycles. The van der Waals surface area contributed by atoms with Crippen molar-refractivity contribution in [3.8, 4) is 0 Å². The number of fused-ring (bicyclic) bond motifs is 1. The number of aromatic nitrogens is 1. The molecule has 11 heteroatoms. The molecule has 1 aliphatic heterocycles. The van der Waals surface area contributed by atoms with E-state index in [1.54, 1.807) is 18.2 Å². The van der Waals surface area contributed by atoms with E-state index in [1.807, 2.05) is 0 Å². The summed E-state index contributed by atoms with van der Waals surface area (Å²) in [6.07, 6.45) is -4.91. The molecule has 1 fully saturated rings. The molecule has 1 aromatic carbocycles. The number of benzene rings is 1. The Morgan fingerprint density at radius 2 is 2.19 bits per heavy atom. The van der Waals surface area contributed by atoms with Crippen LogP contribution in [0.4, 0.5) is 23.7 Å². The molecule has 1 atom stereocenters. The van der Waals surface area contributed by atoms with Crippen LogP contribution in [0.5, 0.6) is 0 Å². The van der Waals surface area contributed by atoms with Crippen molar-refractivity contribution >= 4 is 50.8 Å². The summed E-state index contributed by atoms with van der Waals surface area (Å²) in [6.45, 7) is -1.52. The number of thiazole rings is 1. The van der Waals surface area contributed by atoms with Crippen LogP contribution in [0.25, 0.3) is 10.2 Å². The summed E-state index contributed by atoms with van der Waals surface area (Å²) in [5.41, 5.74) is 1.18. The maximum atomic E-state index is 12.5. The Labute approximate surface area is 154 Å². The molecule has 0 radical (unpaired) electrons. The number of anilines is 1. The maximum absolute atomic E-state index is 12.5. The van der Waals surface area contributed by atoms with Gasteiger partial charge in [0.1, 0.15) is 6.04 Å². The third-order valence-corrected chi connectivity index (χ3v) is 4.90. The van der Waals surface area contributed by atoms with Gasteiger partial charge < -0.3 is 10.1 Å². The molecule has 2 aromatic rings. The van der Waals surface area contributed by atoms with Gasteiger partial charge in [0.25, 0.3) is 0 Å². The SMILES string of the molecule is O=C(Nc1ccc2nc(Cl)sc2c1)[C@H]1CCCN1C(=O)OCC(F)(F)F. The minimum absolute atomic E-state index is 0.165. The molecule has 0 spiro atoms. The first-order valence-corrected chi connectivity index (χ1v) is 8.79. The summed E-state index contributed by atoms with van der Waals surface area (Å²) in [6, 6.07) is 4.14. The molecule has 6 nitrogen and oxygen atoms in total. The number of carbonyl (C=O) groups excluding carboxylic acids is 2. The molecule has 0 aliphatic carbocycles. The first-order chi connectivity index (χ1) is 12.2. The minimum atomic E-state index is -4.61. The van der Waals surface area contributed by atoms with Crippen molar-refractivity contribution in [1.82, 2.24) is 9.88 Å². The molecular formula is C15H13ClF3N3O3S. The Morgan fingerprint density at radius 3 is 2.92 bits per heavy atom. The van der Waals surface area contributed by atoms with Gasteiger partial charge in [-0.2, -0.15) is 13.2 Å². The summed E-state index contributed by atoms with van der Waals surface area (Å²) < 4.78 is 42.0. The number of halogens is 4. The molecule has 0 unspecified atom stereocenters. The summed E-state index contributed by atoms with van der Waals surface area (Å²) >= 11 is 7.09. The van der Waals surface area contributed by atoms with Crippen LogP contribution in [-0.4, -0.2) is 47.3 Å². The Balaban J connectivity index is 1.66. The molecular weight excluding hydrogens is 395 g/mol. The zero-order valence-electron chi connectivity index (χ0n) is 13.2. The summed E-state index contributed by atoms with van der Waals surface area (Å²) in [7, 11) is 0. The number of hydrogen-bond donors (Lipinski definition) is 1. The van der Waals surface area contributed by atoms with Crippen LogP contribution in [-0.2, 0) is 9.53 Å². The van der Waals surface area contributed by atoms with Crippen LogP contribution in [0, 0.1) is 0 Å². The van der Waals surface area contributed by atoms with E-state index in [-0.39, 0.29) is 6.54 Å². The van der Waals surface area contributed by atoms with Crippen LogP contribution < -0.4 is 5.32 Å². The zero-order chi connectivity index (χ0) is 18.9. The fourth-order valence-electron chi connectivity index (χ4n) is 2.68. The number of alkyl halides is 3. The van der Waals surface area contributed by atoms with E-state index in [0.717, 1.165) is 9.60 Å². The Kier molecular flexibility index (Phi) is 5.24. The quantitative estimate of drug-likeness (QED) is 0.833. The van der Waals surface area contributed by atoms with E-state index < -0.39 is 30.8 Å². The highest BCUT2D eigenvalue weighted by Gasteiger charge is 2.37. The smallest absolute Gasteiger partial charge is 0.422 e. The van der Waals surface area contributed by atoms with Gasteiger partial charge in [-0.05, 0) is 31.0 Å². The monoisotopic (exact) mass is 407 g/mol. The third-order valence-electron chi connectivity index (χ3n) is 3.78. The van der Waals surface area contributed by atoms with Crippen LogP contribution >= 0.6 is 22.9 Å². The van der Waals surface area contributed by atoms with Crippen LogP contribution in [0.15, 0.2) is 18.2 Å². The average Bonchev–Trinajstić information content (AvgIpc) is 3.17. The first-order valence-electron chi connectivity index (χ1n) is 7.60. The molecule has 1 N–H and O–H groups in total. The van der Waals surface area contributed by atoms with Crippen LogP contribution in [0.3, 0.4) is 0 Å². The highest BCUT2D eigenvalue weighted by molar-refractivity contribution is 7.22. The van der Waals surface area contributed by atoms with Gasteiger partial charge in [0.2, 0.25) is 5.91 Å². The Bertz CT molecular complexity index is 842. The van der Waals surface area contributed by atoms with E-state index in [1.165, 1.54) is 11.3 Å². The second kappa shape index (κ2) is 7.28. The van der Waals surface area contributed by atoms with Crippen molar-refractivity contribution in [3.63, 3.8) is 0 Å². The summed E-state index contributed by atoms with van der Waals surface area (Å²) in [4.78, 5) is 29.4. The van der Waals surface area contributed by atoms with Crippen LogP contribution in [0.1, 0.15) is 12.8 Å². The van der Waals surface area contributed by atoms with E-state index in [9.17, 15) is 22.8 Å². The van der Waals surface area contributed by atoms with E-state index in [2.05, 4.69) is 15.0 Å². The number of carbonyl (C=O) groups is 2. The van der Waals surface area contributed by atoms with Crippen molar-refractivity contribution in [2.45, 2.75) is 25.1 Å².